The molecule has 1 rings (SSSR count). The Hall–Kier alpha value is -1.51. The fourth-order valence-corrected chi connectivity index (χ4v) is 4.94. The molecule has 0 heterocycles. The Labute approximate surface area is 230 Å². The van der Waals surface area contributed by atoms with Crippen molar-refractivity contribution < 1.29 is 9.53 Å². The van der Waals surface area contributed by atoms with E-state index in [-0.39, 0.29) is 5.91 Å². The van der Waals surface area contributed by atoms with Gasteiger partial charge in [-0.1, -0.05) is 149 Å². The van der Waals surface area contributed by atoms with Gasteiger partial charge in [-0.2, -0.15) is 0 Å². The lowest BCUT2D eigenvalue weighted by Gasteiger charge is -2.08. The van der Waals surface area contributed by atoms with Crippen LogP contribution in [0.25, 0.3) is 0 Å². The summed E-state index contributed by atoms with van der Waals surface area (Å²) in [5.74, 6) is 1.01. The lowest BCUT2D eigenvalue weighted by Crippen LogP contribution is -2.11. The molecule has 1 N–H and O–H groups in total. The highest BCUT2D eigenvalue weighted by Gasteiger charge is 2.03. The molecule has 1 aromatic rings. The van der Waals surface area contributed by atoms with Gasteiger partial charge >= 0.3 is 0 Å². The molecule has 0 aromatic heterocycles. The molecule has 3 heteroatoms. The highest BCUT2D eigenvalue weighted by atomic mass is 16.5. The highest BCUT2D eigenvalue weighted by Crippen LogP contribution is 2.18. The third-order valence-corrected chi connectivity index (χ3v) is 7.41. The van der Waals surface area contributed by atoms with Crippen molar-refractivity contribution in [3.05, 3.63) is 24.3 Å². The Kier molecular flexibility index (Phi) is 23.7. The van der Waals surface area contributed by atoms with Gasteiger partial charge in [0.25, 0.3) is 0 Å². The largest absolute Gasteiger partial charge is 0.494 e. The summed E-state index contributed by atoms with van der Waals surface area (Å²) in [6.07, 6.45) is 31.6. The van der Waals surface area contributed by atoms with E-state index in [4.69, 9.17) is 4.74 Å². The lowest BCUT2D eigenvalue weighted by molar-refractivity contribution is -0.116. The van der Waals surface area contributed by atoms with Crippen molar-refractivity contribution in [1.82, 2.24) is 0 Å². The third-order valence-electron chi connectivity index (χ3n) is 7.41. The van der Waals surface area contributed by atoms with Gasteiger partial charge in [0.05, 0.1) is 6.61 Å². The van der Waals surface area contributed by atoms with E-state index in [2.05, 4.69) is 19.2 Å². The molecule has 0 radical (unpaired) electrons. The van der Waals surface area contributed by atoms with E-state index in [1.807, 2.05) is 24.3 Å². The summed E-state index contributed by atoms with van der Waals surface area (Å²) in [4.78, 5) is 12.2. The molecule has 0 saturated carbocycles. The van der Waals surface area contributed by atoms with Crippen molar-refractivity contribution in [2.75, 3.05) is 11.9 Å². The van der Waals surface area contributed by atoms with Crippen molar-refractivity contribution in [2.24, 2.45) is 0 Å². The zero-order valence-electron chi connectivity index (χ0n) is 24.8. The number of carbonyl (C=O) groups excluding carboxylic acids is 1. The molecule has 0 atom stereocenters. The SMILES string of the molecule is CCCCCCCCCCCCCCCCCCCCCC(=O)Nc1ccc(OCCCCCC)cc1. The standard InChI is InChI=1S/C34H61NO2/c1-3-5-7-9-10-11-12-13-14-15-16-17-18-19-20-21-22-23-24-26-34(36)35-32-27-29-33(30-28-32)37-31-25-8-6-4-2/h27-30H,3-26,31H2,1-2H3,(H,35,36). The smallest absolute Gasteiger partial charge is 0.224 e. The molecule has 0 saturated heterocycles. The van der Waals surface area contributed by atoms with Crippen LogP contribution in [0.4, 0.5) is 5.69 Å². The van der Waals surface area contributed by atoms with Crippen molar-refractivity contribution >= 4 is 11.6 Å². The second-order valence-corrected chi connectivity index (χ2v) is 11.1. The first kappa shape index (κ1) is 33.5. The predicted octanol–water partition coefficient (Wildman–Crippen LogP) is 11.4. The van der Waals surface area contributed by atoms with Crippen molar-refractivity contribution in [2.45, 2.75) is 168 Å². The second-order valence-electron chi connectivity index (χ2n) is 11.1. The maximum Gasteiger partial charge on any atom is 0.224 e. The summed E-state index contributed by atoms with van der Waals surface area (Å²) in [7, 11) is 0. The van der Waals surface area contributed by atoms with E-state index in [1.165, 1.54) is 128 Å². The molecule has 0 aliphatic carbocycles. The number of rotatable bonds is 27. The van der Waals surface area contributed by atoms with Gasteiger partial charge in [0.2, 0.25) is 5.91 Å². The van der Waals surface area contributed by atoms with Crippen LogP contribution in [0.1, 0.15) is 168 Å². The molecular weight excluding hydrogens is 454 g/mol. The fraction of sp³-hybridized carbons (Fsp3) is 0.794. The van der Waals surface area contributed by atoms with E-state index in [0.29, 0.717) is 6.42 Å². The summed E-state index contributed by atoms with van der Waals surface area (Å²) in [6.45, 7) is 5.28. The average Bonchev–Trinajstić information content (AvgIpc) is 2.91. The maximum atomic E-state index is 12.2. The summed E-state index contributed by atoms with van der Waals surface area (Å²) in [5, 5.41) is 3.02. The minimum absolute atomic E-state index is 0.125. The average molecular weight is 516 g/mol. The summed E-state index contributed by atoms with van der Waals surface area (Å²) in [5.41, 5.74) is 0.862. The van der Waals surface area contributed by atoms with Gasteiger partial charge in [-0.15, -0.1) is 0 Å². The number of benzene rings is 1. The molecule has 1 amide bonds. The first-order chi connectivity index (χ1) is 18.3. The quantitative estimate of drug-likeness (QED) is 0.118. The van der Waals surface area contributed by atoms with Crippen molar-refractivity contribution in [3.8, 4) is 5.75 Å². The van der Waals surface area contributed by atoms with E-state index in [9.17, 15) is 4.79 Å². The number of anilines is 1. The van der Waals surface area contributed by atoms with Crippen LogP contribution < -0.4 is 10.1 Å². The molecule has 0 aliphatic rings. The number of hydrogen-bond donors (Lipinski definition) is 1. The van der Waals surface area contributed by atoms with Crippen LogP contribution in [0.2, 0.25) is 0 Å². The monoisotopic (exact) mass is 515 g/mol. The van der Waals surface area contributed by atoms with Gasteiger partial charge in [-0.25, -0.2) is 0 Å². The van der Waals surface area contributed by atoms with Gasteiger partial charge in [0.1, 0.15) is 5.75 Å². The van der Waals surface area contributed by atoms with Crippen molar-refractivity contribution in [3.63, 3.8) is 0 Å². The molecule has 214 valence electrons. The molecule has 0 unspecified atom stereocenters. The maximum absolute atomic E-state index is 12.2. The molecule has 3 nitrogen and oxygen atoms in total. The zero-order chi connectivity index (χ0) is 26.7. The van der Waals surface area contributed by atoms with Gasteiger partial charge < -0.3 is 10.1 Å². The van der Waals surface area contributed by atoms with Crippen molar-refractivity contribution in [1.29, 1.82) is 0 Å². The van der Waals surface area contributed by atoms with Crippen LogP contribution in [0.15, 0.2) is 24.3 Å². The van der Waals surface area contributed by atoms with Gasteiger partial charge in [0, 0.05) is 12.1 Å². The molecule has 0 bridgehead atoms. The number of amides is 1. The third kappa shape index (κ3) is 22.2. The molecule has 0 aliphatic heterocycles. The van der Waals surface area contributed by atoms with E-state index < -0.39 is 0 Å². The van der Waals surface area contributed by atoms with E-state index in [1.54, 1.807) is 0 Å². The van der Waals surface area contributed by atoms with Crippen LogP contribution in [0, 0.1) is 0 Å². The topological polar surface area (TPSA) is 38.3 Å². The zero-order valence-corrected chi connectivity index (χ0v) is 24.8. The number of carbonyl (C=O) groups is 1. The second kappa shape index (κ2) is 26.1. The number of ether oxygens (including phenoxy) is 1. The summed E-state index contributed by atoms with van der Waals surface area (Å²) < 4.78 is 5.77. The normalized spacial score (nSPS) is 11.1. The fourth-order valence-electron chi connectivity index (χ4n) is 4.94. The minimum Gasteiger partial charge on any atom is -0.494 e. The van der Waals surface area contributed by atoms with Crippen LogP contribution in [-0.2, 0) is 4.79 Å². The Morgan fingerprint density at radius 2 is 0.919 bits per heavy atom. The summed E-state index contributed by atoms with van der Waals surface area (Å²) >= 11 is 0. The first-order valence-electron chi connectivity index (χ1n) is 16.3. The number of nitrogens with one attached hydrogen (secondary N) is 1. The Morgan fingerprint density at radius 3 is 1.35 bits per heavy atom. The van der Waals surface area contributed by atoms with Crippen LogP contribution in [0.3, 0.4) is 0 Å². The minimum atomic E-state index is 0.125. The lowest BCUT2D eigenvalue weighted by atomic mass is 10.0. The van der Waals surface area contributed by atoms with Gasteiger partial charge in [-0.05, 0) is 37.1 Å². The van der Waals surface area contributed by atoms with Gasteiger partial charge in [-0.3, -0.25) is 4.79 Å². The molecule has 37 heavy (non-hydrogen) atoms. The number of unbranched alkanes of at least 4 members (excludes halogenated alkanes) is 21. The summed E-state index contributed by atoms with van der Waals surface area (Å²) in [6, 6.07) is 7.78. The van der Waals surface area contributed by atoms with E-state index in [0.717, 1.165) is 37.3 Å². The molecule has 0 fully saturated rings. The molecule has 1 aromatic carbocycles. The molecule has 0 spiro atoms. The Bertz CT molecular complexity index is 613. The van der Waals surface area contributed by atoms with Gasteiger partial charge in [0.15, 0.2) is 0 Å². The van der Waals surface area contributed by atoms with E-state index >= 15 is 0 Å². The van der Waals surface area contributed by atoms with Crippen LogP contribution >= 0.6 is 0 Å². The Balaban J connectivity index is 1.84. The number of hydrogen-bond acceptors (Lipinski definition) is 2. The van der Waals surface area contributed by atoms with Crippen LogP contribution in [-0.4, -0.2) is 12.5 Å². The van der Waals surface area contributed by atoms with Crippen LogP contribution in [0.5, 0.6) is 5.75 Å². The highest BCUT2D eigenvalue weighted by molar-refractivity contribution is 5.90. The predicted molar refractivity (Wildman–Crippen MR) is 163 cm³/mol. The molecular formula is C34H61NO2. The Morgan fingerprint density at radius 1 is 0.541 bits per heavy atom. The first-order valence-corrected chi connectivity index (χ1v) is 16.3.